The zero-order valence-corrected chi connectivity index (χ0v) is 10.3. The van der Waals surface area contributed by atoms with Crippen LogP contribution < -0.4 is 5.32 Å². The molecule has 0 amide bonds. The second kappa shape index (κ2) is 4.77. The van der Waals surface area contributed by atoms with Crippen LogP contribution in [0.4, 0.5) is 4.39 Å². The lowest BCUT2D eigenvalue weighted by Gasteiger charge is -2.23. The van der Waals surface area contributed by atoms with E-state index < -0.39 is 0 Å². The van der Waals surface area contributed by atoms with E-state index in [2.05, 4.69) is 11.4 Å². The van der Waals surface area contributed by atoms with Gasteiger partial charge in [0.05, 0.1) is 0 Å². The molecule has 3 rings (SSSR count). The lowest BCUT2D eigenvalue weighted by Crippen LogP contribution is -2.35. The third kappa shape index (κ3) is 2.37. The highest BCUT2D eigenvalue weighted by atomic mass is 19.1. The first-order valence-electron chi connectivity index (χ1n) is 6.86. The minimum atomic E-state index is 0.0121. The summed E-state index contributed by atoms with van der Waals surface area (Å²) >= 11 is 0. The summed E-state index contributed by atoms with van der Waals surface area (Å²) in [6, 6.07) is 4.38. The molecule has 0 spiro atoms. The van der Waals surface area contributed by atoms with Gasteiger partial charge in [0.15, 0.2) is 0 Å². The SMILES string of the molecule is Fc1cc2c(cc1CC1CCCCN1)CCC2. The highest BCUT2D eigenvalue weighted by Crippen LogP contribution is 2.26. The molecular weight excluding hydrogens is 213 g/mol. The summed E-state index contributed by atoms with van der Waals surface area (Å²) in [5, 5.41) is 3.50. The standard InChI is InChI=1S/C15H20FN/c16-15-10-12-5-3-4-11(12)8-13(15)9-14-6-1-2-7-17-14/h8,10,14,17H,1-7,9H2. The average molecular weight is 233 g/mol. The van der Waals surface area contributed by atoms with Gasteiger partial charge in [0.25, 0.3) is 0 Å². The van der Waals surface area contributed by atoms with Crippen molar-refractivity contribution in [3.05, 3.63) is 34.6 Å². The minimum Gasteiger partial charge on any atom is -0.314 e. The number of benzene rings is 1. The Kier molecular flexibility index (Phi) is 3.15. The molecule has 1 N–H and O–H groups in total. The second-order valence-electron chi connectivity index (χ2n) is 5.42. The maximum Gasteiger partial charge on any atom is 0.126 e. The summed E-state index contributed by atoms with van der Waals surface area (Å²) in [4.78, 5) is 0. The number of aryl methyl sites for hydroxylation is 2. The fourth-order valence-corrected chi connectivity index (χ4v) is 3.17. The van der Waals surface area contributed by atoms with E-state index in [0.29, 0.717) is 6.04 Å². The summed E-state index contributed by atoms with van der Waals surface area (Å²) in [6.07, 6.45) is 8.00. The lowest BCUT2D eigenvalue weighted by atomic mass is 9.95. The molecule has 17 heavy (non-hydrogen) atoms. The van der Waals surface area contributed by atoms with E-state index in [9.17, 15) is 4.39 Å². The summed E-state index contributed by atoms with van der Waals surface area (Å²) < 4.78 is 14.0. The highest BCUT2D eigenvalue weighted by Gasteiger charge is 2.18. The molecule has 1 nitrogen and oxygen atoms in total. The quantitative estimate of drug-likeness (QED) is 0.828. The van der Waals surface area contributed by atoms with Crippen molar-refractivity contribution in [3.63, 3.8) is 0 Å². The third-order valence-corrected chi connectivity index (χ3v) is 4.14. The third-order valence-electron chi connectivity index (χ3n) is 4.14. The van der Waals surface area contributed by atoms with Crippen molar-refractivity contribution in [1.29, 1.82) is 0 Å². The van der Waals surface area contributed by atoms with Crippen LogP contribution in [-0.4, -0.2) is 12.6 Å². The molecule has 0 radical (unpaired) electrons. The van der Waals surface area contributed by atoms with Crippen molar-refractivity contribution >= 4 is 0 Å². The zero-order valence-electron chi connectivity index (χ0n) is 10.3. The summed E-state index contributed by atoms with van der Waals surface area (Å²) in [5.41, 5.74) is 3.55. The topological polar surface area (TPSA) is 12.0 Å². The maximum absolute atomic E-state index is 14.0. The fourth-order valence-electron chi connectivity index (χ4n) is 3.17. The largest absolute Gasteiger partial charge is 0.314 e. The maximum atomic E-state index is 14.0. The van der Waals surface area contributed by atoms with Crippen LogP contribution in [0.3, 0.4) is 0 Å². The van der Waals surface area contributed by atoms with E-state index in [-0.39, 0.29) is 5.82 Å². The molecule has 2 aliphatic rings. The first-order chi connectivity index (χ1) is 8.33. The molecule has 1 heterocycles. The second-order valence-corrected chi connectivity index (χ2v) is 5.42. The van der Waals surface area contributed by atoms with Crippen molar-refractivity contribution in [2.75, 3.05) is 6.54 Å². The predicted octanol–water partition coefficient (Wildman–Crippen LogP) is 3.00. The van der Waals surface area contributed by atoms with Gasteiger partial charge in [-0.05, 0) is 67.8 Å². The van der Waals surface area contributed by atoms with Gasteiger partial charge in [-0.2, -0.15) is 0 Å². The molecule has 0 saturated carbocycles. The summed E-state index contributed by atoms with van der Waals surface area (Å²) in [6.45, 7) is 1.09. The number of halogens is 1. The molecule has 92 valence electrons. The lowest BCUT2D eigenvalue weighted by molar-refractivity contribution is 0.395. The number of hydrogen-bond donors (Lipinski definition) is 1. The summed E-state index contributed by atoms with van der Waals surface area (Å²) in [5.74, 6) is 0.0121. The average Bonchev–Trinajstić information content (AvgIpc) is 2.78. The Balaban J connectivity index is 1.78. The Labute approximate surface area is 102 Å². The van der Waals surface area contributed by atoms with Gasteiger partial charge in [-0.25, -0.2) is 4.39 Å². The molecule has 0 bridgehead atoms. The molecule has 1 saturated heterocycles. The number of nitrogens with one attached hydrogen (secondary N) is 1. The van der Waals surface area contributed by atoms with Crippen LogP contribution in [0.1, 0.15) is 42.4 Å². The summed E-state index contributed by atoms with van der Waals surface area (Å²) in [7, 11) is 0. The van der Waals surface area contributed by atoms with Crippen LogP contribution in [0.5, 0.6) is 0 Å². The van der Waals surface area contributed by atoms with Crippen LogP contribution >= 0.6 is 0 Å². The number of fused-ring (bicyclic) bond motifs is 1. The number of piperidine rings is 1. The van der Waals surface area contributed by atoms with Crippen LogP contribution in [-0.2, 0) is 19.3 Å². The van der Waals surface area contributed by atoms with Crippen LogP contribution in [0.15, 0.2) is 12.1 Å². The minimum absolute atomic E-state index is 0.0121. The molecule has 1 aromatic carbocycles. The van der Waals surface area contributed by atoms with Gasteiger partial charge in [-0.1, -0.05) is 12.5 Å². The molecule has 1 unspecified atom stereocenters. The molecule has 2 heteroatoms. The molecule has 1 fully saturated rings. The molecule has 1 aliphatic carbocycles. The van der Waals surface area contributed by atoms with E-state index in [1.54, 1.807) is 6.07 Å². The van der Waals surface area contributed by atoms with Crippen LogP contribution in [0.25, 0.3) is 0 Å². The van der Waals surface area contributed by atoms with Gasteiger partial charge >= 0.3 is 0 Å². The highest BCUT2D eigenvalue weighted by molar-refractivity contribution is 5.36. The molecule has 1 atom stereocenters. The van der Waals surface area contributed by atoms with E-state index in [0.717, 1.165) is 31.4 Å². The van der Waals surface area contributed by atoms with Gasteiger partial charge in [0.1, 0.15) is 5.82 Å². The Morgan fingerprint density at radius 3 is 2.71 bits per heavy atom. The van der Waals surface area contributed by atoms with Crippen LogP contribution in [0, 0.1) is 5.82 Å². The molecule has 1 aromatic rings. The van der Waals surface area contributed by atoms with Gasteiger partial charge in [-0.3, -0.25) is 0 Å². The Morgan fingerprint density at radius 2 is 1.94 bits per heavy atom. The first-order valence-corrected chi connectivity index (χ1v) is 6.86. The Bertz CT molecular complexity index is 408. The van der Waals surface area contributed by atoms with E-state index in [4.69, 9.17) is 0 Å². The van der Waals surface area contributed by atoms with Gasteiger partial charge in [0, 0.05) is 6.04 Å². The predicted molar refractivity (Wildman–Crippen MR) is 67.8 cm³/mol. The molecule has 1 aliphatic heterocycles. The van der Waals surface area contributed by atoms with E-state index >= 15 is 0 Å². The Morgan fingerprint density at radius 1 is 1.12 bits per heavy atom. The Hall–Kier alpha value is -0.890. The van der Waals surface area contributed by atoms with Crippen molar-refractivity contribution in [3.8, 4) is 0 Å². The van der Waals surface area contributed by atoms with Crippen molar-refractivity contribution in [2.24, 2.45) is 0 Å². The fraction of sp³-hybridized carbons (Fsp3) is 0.600. The zero-order chi connectivity index (χ0) is 11.7. The normalized spacial score (nSPS) is 23.7. The van der Waals surface area contributed by atoms with Crippen molar-refractivity contribution in [1.82, 2.24) is 5.32 Å². The van der Waals surface area contributed by atoms with Crippen molar-refractivity contribution < 1.29 is 4.39 Å². The monoisotopic (exact) mass is 233 g/mol. The number of hydrogen-bond acceptors (Lipinski definition) is 1. The van der Waals surface area contributed by atoms with Crippen LogP contribution in [0.2, 0.25) is 0 Å². The van der Waals surface area contributed by atoms with Gasteiger partial charge < -0.3 is 5.32 Å². The smallest absolute Gasteiger partial charge is 0.126 e. The molecule has 0 aromatic heterocycles. The van der Waals surface area contributed by atoms with Crippen molar-refractivity contribution in [2.45, 2.75) is 51.0 Å². The molecular formula is C15H20FN. The van der Waals surface area contributed by atoms with Gasteiger partial charge in [0.2, 0.25) is 0 Å². The number of rotatable bonds is 2. The van der Waals surface area contributed by atoms with E-state index in [1.807, 2.05) is 0 Å². The first kappa shape index (κ1) is 11.2. The van der Waals surface area contributed by atoms with E-state index in [1.165, 1.54) is 36.8 Å². The van der Waals surface area contributed by atoms with Gasteiger partial charge in [-0.15, -0.1) is 0 Å².